The van der Waals surface area contributed by atoms with E-state index in [-0.39, 0.29) is 0 Å². The third kappa shape index (κ3) is 1.81. The van der Waals surface area contributed by atoms with Crippen LogP contribution < -0.4 is 0 Å². The Kier molecular flexibility index (Phi) is 2.59. The zero-order chi connectivity index (χ0) is 13.4. The minimum Gasteiger partial charge on any atom is -0.284 e. The van der Waals surface area contributed by atoms with Crippen LogP contribution in [0.4, 0.5) is 0 Å². The number of fused-ring (bicyclic) bond motifs is 2. The Morgan fingerprint density at radius 3 is 2.75 bits per heavy atom. The Labute approximate surface area is 117 Å². The highest BCUT2D eigenvalue weighted by atomic mass is 14.8. The standard InChI is InChI=1S/C18H14N2/c1-3-7-16-13(5-1)9-10-19-18(16)15-11-14-6-2-4-8-17(14)20-12-15/h1-8,11-12H,9-10H2. The number of hydrogen-bond donors (Lipinski definition) is 0. The molecule has 2 heterocycles. The molecule has 0 saturated carbocycles. The van der Waals surface area contributed by atoms with Crippen molar-refractivity contribution in [3.8, 4) is 0 Å². The van der Waals surface area contributed by atoms with Crippen LogP contribution in [0, 0.1) is 0 Å². The molecule has 0 saturated heterocycles. The molecule has 0 spiro atoms. The van der Waals surface area contributed by atoms with Crippen molar-refractivity contribution in [3.63, 3.8) is 0 Å². The number of aromatic nitrogens is 1. The first-order chi connectivity index (χ1) is 9.92. The second-order valence-electron chi connectivity index (χ2n) is 5.05. The van der Waals surface area contributed by atoms with Gasteiger partial charge in [0.15, 0.2) is 0 Å². The predicted molar refractivity (Wildman–Crippen MR) is 82.4 cm³/mol. The van der Waals surface area contributed by atoms with Gasteiger partial charge in [0.2, 0.25) is 0 Å². The fourth-order valence-corrected chi connectivity index (χ4v) is 2.79. The molecule has 0 atom stereocenters. The second kappa shape index (κ2) is 4.57. The van der Waals surface area contributed by atoms with Gasteiger partial charge in [0, 0.05) is 29.3 Å². The van der Waals surface area contributed by atoms with Gasteiger partial charge in [-0.2, -0.15) is 0 Å². The minimum atomic E-state index is 0.860. The molecule has 1 aromatic heterocycles. The van der Waals surface area contributed by atoms with Gasteiger partial charge in [0.25, 0.3) is 0 Å². The summed E-state index contributed by atoms with van der Waals surface area (Å²) in [6.07, 6.45) is 2.96. The maximum Gasteiger partial charge on any atom is 0.0737 e. The molecule has 4 rings (SSSR count). The largest absolute Gasteiger partial charge is 0.284 e. The van der Waals surface area contributed by atoms with Crippen molar-refractivity contribution in [2.24, 2.45) is 4.99 Å². The number of hydrogen-bond acceptors (Lipinski definition) is 2. The quantitative estimate of drug-likeness (QED) is 0.654. The second-order valence-corrected chi connectivity index (χ2v) is 5.05. The first-order valence-corrected chi connectivity index (χ1v) is 6.90. The van der Waals surface area contributed by atoms with Crippen molar-refractivity contribution in [2.75, 3.05) is 6.54 Å². The van der Waals surface area contributed by atoms with Gasteiger partial charge in [-0.15, -0.1) is 0 Å². The lowest BCUT2D eigenvalue weighted by Crippen LogP contribution is -2.14. The van der Waals surface area contributed by atoms with Gasteiger partial charge < -0.3 is 0 Å². The molecule has 1 aliphatic heterocycles. The van der Waals surface area contributed by atoms with Crippen LogP contribution >= 0.6 is 0 Å². The predicted octanol–water partition coefficient (Wildman–Crippen LogP) is 3.63. The molecule has 0 bridgehead atoms. The Morgan fingerprint density at radius 1 is 0.900 bits per heavy atom. The van der Waals surface area contributed by atoms with Crippen LogP contribution in [-0.4, -0.2) is 17.2 Å². The Hall–Kier alpha value is -2.48. The van der Waals surface area contributed by atoms with Crippen LogP contribution in [0.2, 0.25) is 0 Å². The fourth-order valence-electron chi connectivity index (χ4n) is 2.79. The Bertz CT molecular complexity index is 818. The van der Waals surface area contributed by atoms with Crippen LogP contribution in [0.25, 0.3) is 10.9 Å². The number of pyridine rings is 1. The highest BCUT2D eigenvalue weighted by molar-refractivity contribution is 6.15. The van der Waals surface area contributed by atoms with E-state index in [0.717, 1.165) is 35.1 Å². The molecule has 0 unspecified atom stereocenters. The topological polar surface area (TPSA) is 25.2 Å². The van der Waals surface area contributed by atoms with Gasteiger partial charge >= 0.3 is 0 Å². The summed E-state index contributed by atoms with van der Waals surface area (Å²) >= 11 is 0. The van der Waals surface area contributed by atoms with Crippen LogP contribution in [0.5, 0.6) is 0 Å². The average molecular weight is 258 g/mol. The molecule has 2 aromatic carbocycles. The van der Waals surface area contributed by atoms with Crippen LogP contribution in [0.1, 0.15) is 16.7 Å². The molecule has 0 fully saturated rings. The van der Waals surface area contributed by atoms with E-state index in [9.17, 15) is 0 Å². The third-order valence-electron chi connectivity index (χ3n) is 3.79. The van der Waals surface area contributed by atoms with Gasteiger partial charge in [-0.1, -0.05) is 42.5 Å². The zero-order valence-electron chi connectivity index (χ0n) is 11.1. The molecule has 20 heavy (non-hydrogen) atoms. The molecule has 0 amide bonds. The van der Waals surface area contributed by atoms with Crippen molar-refractivity contribution in [2.45, 2.75) is 6.42 Å². The summed E-state index contributed by atoms with van der Waals surface area (Å²) in [6.45, 7) is 0.860. The Morgan fingerprint density at radius 2 is 1.75 bits per heavy atom. The minimum absolute atomic E-state index is 0.860. The first-order valence-electron chi connectivity index (χ1n) is 6.90. The summed E-state index contributed by atoms with van der Waals surface area (Å²) in [4.78, 5) is 9.27. The van der Waals surface area contributed by atoms with Crippen LogP contribution in [0.3, 0.4) is 0 Å². The van der Waals surface area contributed by atoms with E-state index < -0.39 is 0 Å². The molecule has 0 radical (unpaired) electrons. The lowest BCUT2D eigenvalue weighted by molar-refractivity contribution is 0.944. The molecule has 96 valence electrons. The molecule has 0 aliphatic carbocycles. The van der Waals surface area contributed by atoms with Crippen molar-refractivity contribution in [3.05, 3.63) is 77.5 Å². The number of rotatable bonds is 1. The summed E-state index contributed by atoms with van der Waals surface area (Å²) in [5, 5.41) is 1.16. The van der Waals surface area contributed by atoms with Gasteiger partial charge in [-0.05, 0) is 24.1 Å². The van der Waals surface area contributed by atoms with Crippen molar-refractivity contribution < 1.29 is 0 Å². The summed E-state index contributed by atoms with van der Waals surface area (Å²) < 4.78 is 0. The number of nitrogens with zero attached hydrogens (tertiary/aromatic N) is 2. The smallest absolute Gasteiger partial charge is 0.0737 e. The molecule has 1 aliphatic rings. The van der Waals surface area contributed by atoms with Gasteiger partial charge in [-0.3, -0.25) is 9.98 Å². The monoisotopic (exact) mass is 258 g/mol. The Balaban J connectivity index is 1.89. The molecule has 2 nitrogen and oxygen atoms in total. The van der Waals surface area contributed by atoms with E-state index in [2.05, 4.69) is 41.4 Å². The summed E-state index contributed by atoms with van der Waals surface area (Å²) in [6, 6.07) is 18.9. The summed E-state index contributed by atoms with van der Waals surface area (Å²) in [5.74, 6) is 0. The lowest BCUT2D eigenvalue weighted by atomic mass is 9.94. The normalized spacial score (nSPS) is 13.9. The first kappa shape index (κ1) is 11.4. The van der Waals surface area contributed by atoms with E-state index in [0.29, 0.717) is 0 Å². The highest BCUT2D eigenvalue weighted by Crippen LogP contribution is 2.22. The maximum atomic E-state index is 4.72. The summed E-state index contributed by atoms with van der Waals surface area (Å²) in [5.41, 5.74) is 5.84. The number of aliphatic imine (C=N–C) groups is 1. The molecule has 2 heteroatoms. The zero-order valence-corrected chi connectivity index (χ0v) is 11.1. The maximum absolute atomic E-state index is 4.72. The summed E-state index contributed by atoms with van der Waals surface area (Å²) in [7, 11) is 0. The van der Waals surface area contributed by atoms with E-state index in [1.807, 2.05) is 24.4 Å². The van der Waals surface area contributed by atoms with E-state index in [1.54, 1.807) is 0 Å². The average Bonchev–Trinajstić information content (AvgIpc) is 2.54. The van der Waals surface area contributed by atoms with E-state index in [4.69, 9.17) is 4.99 Å². The van der Waals surface area contributed by atoms with Crippen LogP contribution in [-0.2, 0) is 6.42 Å². The highest BCUT2D eigenvalue weighted by Gasteiger charge is 2.15. The van der Waals surface area contributed by atoms with Gasteiger partial charge in [0.05, 0.1) is 11.2 Å². The van der Waals surface area contributed by atoms with Crippen LogP contribution in [0.15, 0.2) is 65.8 Å². The number of para-hydroxylation sites is 1. The molecular weight excluding hydrogens is 244 g/mol. The van der Waals surface area contributed by atoms with Gasteiger partial charge in [-0.25, -0.2) is 0 Å². The SMILES string of the molecule is c1ccc2c(c1)CCN=C2c1cnc2ccccc2c1. The molecule has 0 N–H and O–H groups in total. The molecular formula is C18H14N2. The van der Waals surface area contributed by atoms with Crippen molar-refractivity contribution >= 4 is 16.6 Å². The fraction of sp³-hybridized carbons (Fsp3) is 0.111. The van der Waals surface area contributed by atoms with Gasteiger partial charge in [0.1, 0.15) is 0 Å². The van der Waals surface area contributed by atoms with Crippen molar-refractivity contribution in [1.29, 1.82) is 0 Å². The lowest BCUT2D eigenvalue weighted by Gasteiger charge is -2.17. The molecule has 3 aromatic rings. The van der Waals surface area contributed by atoms with Crippen molar-refractivity contribution in [1.82, 2.24) is 4.98 Å². The number of benzene rings is 2. The third-order valence-corrected chi connectivity index (χ3v) is 3.79. The van der Waals surface area contributed by atoms with E-state index >= 15 is 0 Å². The van der Waals surface area contributed by atoms with E-state index in [1.165, 1.54) is 11.1 Å².